The predicted molar refractivity (Wildman–Crippen MR) is 98.6 cm³/mol. The number of rotatable bonds is 6. The second-order valence-electron chi connectivity index (χ2n) is 5.46. The summed E-state index contributed by atoms with van der Waals surface area (Å²) in [5, 5.41) is 14.3. The van der Waals surface area contributed by atoms with Crippen molar-refractivity contribution < 1.29 is 9.59 Å². The van der Waals surface area contributed by atoms with Crippen LogP contribution in [0.15, 0.2) is 29.4 Å². The number of imide groups is 1. The Kier molecular flexibility index (Phi) is 6.83. The summed E-state index contributed by atoms with van der Waals surface area (Å²) in [6.07, 6.45) is 0.792. The zero-order valence-corrected chi connectivity index (χ0v) is 15.8. The van der Waals surface area contributed by atoms with Crippen molar-refractivity contribution in [2.24, 2.45) is 7.05 Å². The first-order chi connectivity index (χ1) is 11.9. The first kappa shape index (κ1) is 19.3. The summed E-state index contributed by atoms with van der Waals surface area (Å²) < 4.78 is 1.76. The first-order valence-electron chi connectivity index (χ1n) is 7.79. The highest BCUT2D eigenvalue weighted by Gasteiger charge is 2.16. The molecule has 134 valence electrons. The molecule has 3 amide bonds. The molecule has 2 aromatic rings. The van der Waals surface area contributed by atoms with Crippen molar-refractivity contribution in [1.82, 2.24) is 25.4 Å². The van der Waals surface area contributed by atoms with Gasteiger partial charge >= 0.3 is 6.03 Å². The first-order valence-corrected chi connectivity index (χ1v) is 9.16. The summed E-state index contributed by atoms with van der Waals surface area (Å²) in [7, 11) is 1.80. The molecular weight excluding hydrogens is 362 g/mol. The average Bonchev–Trinajstić information content (AvgIpc) is 2.93. The van der Waals surface area contributed by atoms with Gasteiger partial charge in [0.2, 0.25) is 5.91 Å². The zero-order valence-electron chi connectivity index (χ0n) is 14.2. The van der Waals surface area contributed by atoms with Crippen LogP contribution in [-0.4, -0.2) is 38.5 Å². The van der Waals surface area contributed by atoms with Crippen molar-refractivity contribution in [2.45, 2.75) is 31.5 Å². The van der Waals surface area contributed by atoms with Gasteiger partial charge in [0.05, 0.1) is 10.8 Å². The maximum absolute atomic E-state index is 11.9. The molecular formula is C16H20ClN5O2S. The summed E-state index contributed by atoms with van der Waals surface area (Å²) >= 11 is 7.38. The minimum atomic E-state index is -0.491. The number of nitrogens with one attached hydrogen (secondary N) is 2. The van der Waals surface area contributed by atoms with E-state index in [9.17, 15) is 9.59 Å². The van der Waals surface area contributed by atoms with Gasteiger partial charge in [0.15, 0.2) is 11.0 Å². The van der Waals surface area contributed by atoms with E-state index in [-0.39, 0.29) is 11.8 Å². The minimum Gasteiger partial charge on any atom is -0.335 e. The van der Waals surface area contributed by atoms with Gasteiger partial charge in [-0.25, -0.2) is 4.79 Å². The Bertz CT molecular complexity index is 765. The van der Waals surface area contributed by atoms with E-state index in [2.05, 4.69) is 20.8 Å². The monoisotopic (exact) mass is 381 g/mol. The van der Waals surface area contributed by atoms with E-state index in [1.807, 2.05) is 32.0 Å². The normalized spacial score (nSPS) is 11.8. The van der Waals surface area contributed by atoms with Gasteiger partial charge in [0.25, 0.3) is 0 Å². The lowest BCUT2D eigenvalue weighted by Crippen LogP contribution is -2.43. The highest BCUT2D eigenvalue weighted by Crippen LogP contribution is 2.28. The zero-order chi connectivity index (χ0) is 18.4. The highest BCUT2D eigenvalue weighted by atomic mass is 35.5. The molecule has 0 saturated heterocycles. The van der Waals surface area contributed by atoms with E-state index in [1.165, 1.54) is 11.8 Å². The number of carbonyl (C=O) groups is 2. The number of amides is 3. The van der Waals surface area contributed by atoms with Crippen LogP contribution in [0.1, 0.15) is 20.3 Å². The average molecular weight is 382 g/mol. The largest absolute Gasteiger partial charge is 0.335 e. The van der Waals surface area contributed by atoms with Gasteiger partial charge in [-0.15, -0.1) is 10.2 Å². The number of hydrogen-bond acceptors (Lipinski definition) is 5. The summed E-state index contributed by atoms with van der Waals surface area (Å²) in [5.41, 5.74) is 0.767. The van der Waals surface area contributed by atoms with Crippen LogP contribution in [-0.2, 0) is 11.8 Å². The molecule has 7 nitrogen and oxygen atoms in total. The Morgan fingerprint density at radius 1 is 1.32 bits per heavy atom. The fraction of sp³-hybridized carbons (Fsp3) is 0.375. The molecule has 9 heteroatoms. The molecule has 0 saturated carbocycles. The van der Waals surface area contributed by atoms with Gasteiger partial charge in [-0.1, -0.05) is 42.4 Å². The number of urea groups is 1. The van der Waals surface area contributed by atoms with Crippen molar-refractivity contribution in [2.75, 3.05) is 5.75 Å². The molecule has 0 aliphatic rings. The van der Waals surface area contributed by atoms with Crippen LogP contribution in [0.5, 0.6) is 0 Å². The van der Waals surface area contributed by atoms with Gasteiger partial charge in [-0.05, 0) is 25.5 Å². The lowest BCUT2D eigenvalue weighted by molar-refractivity contribution is -0.117. The van der Waals surface area contributed by atoms with Crippen LogP contribution in [0, 0.1) is 0 Å². The third-order valence-electron chi connectivity index (χ3n) is 3.52. The summed E-state index contributed by atoms with van der Waals surface area (Å²) in [6.45, 7) is 3.82. The van der Waals surface area contributed by atoms with E-state index in [4.69, 9.17) is 11.6 Å². The van der Waals surface area contributed by atoms with Gasteiger partial charge in [0, 0.05) is 18.7 Å². The van der Waals surface area contributed by atoms with Crippen molar-refractivity contribution >= 4 is 35.3 Å². The van der Waals surface area contributed by atoms with Crippen LogP contribution in [0.4, 0.5) is 4.79 Å². The number of hydrogen-bond donors (Lipinski definition) is 2. The summed E-state index contributed by atoms with van der Waals surface area (Å²) in [6, 6.07) is 6.86. The second-order valence-corrected chi connectivity index (χ2v) is 6.81. The molecule has 2 rings (SSSR count). The Morgan fingerprint density at radius 2 is 2.04 bits per heavy atom. The standard InChI is InChI=1S/C16H20ClN5O2S/c1-4-10(2)18-15(24)19-13(23)9-25-16-21-20-14(22(16)3)11-7-5-6-8-12(11)17/h5-8,10H,4,9H2,1-3H3,(H2,18,19,23,24)/t10-/m0/s1. The molecule has 1 heterocycles. The van der Waals surface area contributed by atoms with Crippen molar-refractivity contribution in [3.8, 4) is 11.4 Å². The van der Waals surface area contributed by atoms with Crippen molar-refractivity contribution in [1.29, 1.82) is 0 Å². The lowest BCUT2D eigenvalue weighted by Gasteiger charge is -2.11. The number of halogens is 1. The molecule has 0 radical (unpaired) electrons. The SMILES string of the molecule is CC[C@H](C)NC(=O)NC(=O)CSc1nnc(-c2ccccc2Cl)n1C. The Balaban J connectivity index is 1.95. The minimum absolute atomic E-state index is 0.0115. The molecule has 1 aromatic carbocycles. The number of carbonyl (C=O) groups excluding carboxylic acids is 2. The number of benzene rings is 1. The number of thioether (sulfide) groups is 1. The quantitative estimate of drug-likeness (QED) is 0.751. The molecule has 0 bridgehead atoms. The van der Waals surface area contributed by atoms with E-state index in [0.717, 1.165) is 12.0 Å². The van der Waals surface area contributed by atoms with Gasteiger partial charge < -0.3 is 9.88 Å². The molecule has 25 heavy (non-hydrogen) atoms. The van der Waals surface area contributed by atoms with Crippen LogP contribution in [0.3, 0.4) is 0 Å². The highest BCUT2D eigenvalue weighted by molar-refractivity contribution is 7.99. The maximum Gasteiger partial charge on any atom is 0.321 e. The number of nitrogens with zero attached hydrogens (tertiary/aromatic N) is 3. The molecule has 1 aromatic heterocycles. The Hall–Kier alpha value is -2.06. The molecule has 0 spiro atoms. The van der Waals surface area contributed by atoms with Gasteiger partial charge in [0.1, 0.15) is 0 Å². The molecule has 0 unspecified atom stereocenters. The van der Waals surface area contributed by atoms with Crippen LogP contribution < -0.4 is 10.6 Å². The van der Waals surface area contributed by atoms with Crippen LogP contribution in [0.2, 0.25) is 5.02 Å². The molecule has 0 aliphatic heterocycles. The molecule has 0 fully saturated rings. The fourth-order valence-electron chi connectivity index (χ4n) is 1.97. The molecule has 1 atom stereocenters. The van der Waals surface area contributed by atoms with E-state index in [1.54, 1.807) is 17.7 Å². The van der Waals surface area contributed by atoms with Gasteiger partial charge in [-0.2, -0.15) is 0 Å². The Labute approximate surface area is 155 Å². The third kappa shape index (κ3) is 5.20. The summed E-state index contributed by atoms with van der Waals surface area (Å²) in [4.78, 5) is 23.5. The molecule has 2 N–H and O–H groups in total. The maximum atomic E-state index is 11.9. The Morgan fingerprint density at radius 3 is 2.72 bits per heavy atom. The smallest absolute Gasteiger partial charge is 0.321 e. The van der Waals surface area contributed by atoms with Crippen molar-refractivity contribution in [3.05, 3.63) is 29.3 Å². The fourth-order valence-corrected chi connectivity index (χ4v) is 2.90. The topological polar surface area (TPSA) is 88.9 Å². The second kappa shape index (κ2) is 8.87. The van der Waals surface area contributed by atoms with E-state index < -0.39 is 11.9 Å². The lowest BCUT2D eigenvalue weighted by atomic mass is 10.2. The van der Waals surface area contributed by atoms with Gasteiger partial charge in [-0.3, -0.25) is 10.1 Å². The molecule has 0 aliphatic carbocycles. The predicted octanol–water partition coefficient (Wildman–Crippen LogP) is 2.85. The number of aromatic nitrogens is 3. The van der Waals surface area contributed by atoms with E-state index >= 15 is 0 Å². The van der Waals surface area contributed by atoms with E-state index in [0.29, 0.717) is 16.0 Å². The third-order valence-corrected chi connectivity index (χ3v) is 4.87. The summed E-state index contributed by atoms with van der Waals surface area (Å²) in [5.74, 6) is 0.277. The van der Waals surface area contributed by atoms with Crippen molar-refractivity contribution in [3.63, 3.8) is 0 Å². The van der Waals surface area contributed by atoms with Crippen LogP contribution in [0.25, 0.3) is 11.4 Å². The van der Waals surface area contributed by atoms with Crippen LogP contribution >= 0.6 is 23.4 Å².